The van der Waals surface area contributed by atoms with Crippen molar-refractivity contribution in [3.8, 4) is 0 Å². The Balaban J connectivity index is 2.14. The molecule has 5 nitrogen and oxygen atoms in total. The maximum Gasteiger partial charge on any atom is 0.245 e. The molecule has 3 rings (SSSR count). The molecule has 1 aliphatic heterocycles. The minimum absolute atomic E-state index is 0.0484. The molecule has 1 fully saturated rings. The number of hydrogen-bond donors (Lipinski definition) is 1. The van der Waals surface area contributed by atoms with E-state index in [1.807, 2.05) is 25.1 Å². The number of rotatable bonds is 2. The summed E-state index contributed by atoms with van der Waals surface area (Å²) in [6.07, 6.45) is 1.63. The second kappa shape index (κ2) is 5.12. The van der Waals surface area contributed by atoms with E-state index in [4.69, 9.17) is 0 Å². The van der Waals surface area contributed by atoms with Crippen molar-refractivity contribution in [1.82, 2.24) is 14.6 Å². The van der Waals surface area contributed by atoms with Crippen molar-refractivity contribution < 1.29 is 8.42 Å². The second-order valence-corrected chi connectivity index (χ2v) is 6.86. The number of fused-ring (bicyclic) bond motifs is 1. The highest BCUT2D eigenvalue weighted by molar-refractivity contribution is 7.89. The summed E-state index contributed by atoms with van der Waals surface area (Å²) in [7, 11) is -3.51. The molecule has 0 bridgehead atoms. The summed E-state index contributed by atoms with van der Waals surface area (Å²) in [6, 6.07) is 8.92. The topological polar surface area (TPSA) is 62.3 Å². The molecule has 0 spiro atoms. The van der Waals surface area contributed by atoms with E-state index in [1.165, 1.54) is 0 Å². The van der Waals surface area contributed by atoms with E-state index in [0.717, 1.165) is 5.39 Å². The molecular formula is C14H17N3O2S. The number of nitrogens with one attached hydrogen (secondary N) is 1. The number of piperazine rings is 1. The minimum Gasteiger partial charge on any atom is -0.314 e. The van der Waals surface area contributed by atoms with E-state index in [2.05, 4.69) is 10.3 Å². The summed E-state index contributed by atoms with van der Waals surface area (Å²) in [5, 5.41) is 4.05. The van der Waals surface area contributed by atoms with Crippen LogP contribution in [0.1, 0.15) is 6.92 Å². The van der Waals surface area contributed by atoms with Crippen LogP contribution in [0.3, 0.4) is 0 Å². The van der Waals surface area contributed by atoms with Gasteiger partial charge in [-0.2, -0.15) is 4.31 Å². The molecule has 1 N–H and O–H groups in total. The summed E-state index contributed by atoms with van der Waals surface area (Å²) in [5.74, 6) is 0. The van der Waals surface area contributed by atoms with Crippen molar-refractivity contribution in [2.24, 2.45) is 0 Å². The molecule has 1 atom stereocenters. The number of aromatic nitrogens is 1. The molecule has 20 heavy (non-hydrogen) atoms. The van der Waals surface area contributed by atoms with Gasteiger partial charge in [0.15, 0.2) is 0 Å². The number of pyridine rings is 1. The molecular weight excluding hydrogens is 274 g/mol. The Bertz CT molecular complexity index is 725. The van der Waals surface area contributed by atoms with Crippen molar-refractivity contribution in [2.75, 3.05) is 19.6 Å². The van der Waals surface area contributed by atoms with Gasteiger partial charge in [0.1, 0.15) is 4.90 Å². The summed E-state index contributed by atoms with van der Waals surface area (Å²) in [4.78, 5) is 4.54. The van der Waals surface area contributed by atoms with Crippen LogP contribution in [0.2, 0.25) is 0 Å². The molecule has 1 aliphatic rings. The number of hydrogen-bond acceptors (Lipinski definition) is 4. The van der Waals surface area contributed by atoms with Crippen LogP contribution in [0.5, 0.6) is 0 Å². The zero-order valence-electron chi connectivity index (χ0n) is 11.3. The SMILES string of the molecule is CC1CNCCN1S(=O)(=O)c1cccc2cccnc12. The molecule has 2 aromatic rings. The predicted octanol–water partition coefficient (Wildman–Crippen LogP) is 1.22. The zero-order valence-corrected chi connectivity index (χ0v) is 12.1. The fraction of sp³-hybridized carbons (Fsp3) is 0.357. The summed E-state index contributed by atoms with van der Waals surface area (Å²) >= 11 is 0. The van der Waals surface area contributed by atoms with Crippen LogP contribution in [0.4, 0.5) is 0 Å². The standard InChI is InChI=1S/C14H17N3O2S/c1-11-10-15-8-9-17(11)20(18,19)13-6-2-4-12-5-3-7-16-14(12)13/h2-7,11,15H,8-10H2,1H3. The van der Waals surface area contributed by atoms with E-state index in [9.17, 15) is 8.42 Å². The molecule has 1 aromatic heterocycles. The number of para-hydroxylation sites is 1. The lowest BCUT2D eigenvalue weighted by Crippen LogP contribution is -2.52. The zero-order chi connectivity index (χ0) is 14.2. The van der Waals surface area contributed by atoms with E-state index in [-0.39, 0.29) is 6.04 Å². The van der Waals surface area contributed by atoms with Gasteiger partial charge in [0.25, 0.3) is 0 Å². The monoisotopic (exact) mass is 291 g/mol. The Morgan fingerprint density at radius 1 is 1.30 bits per heavy atom. The number of benzene rings is 1. The van der Waals surface area contributed by atoms with E-state index in [0.29, 0.717) is 30.0 Å². The molecule has 2 heterocycles. The molecule has 0 saturated carbocycles. The van der Waals surface area contributed by atoms with Gasteiger partial charge in [-0.15, -0.1) is 0 Å². The number of sulfonamides is 1. The van der Waals surface area contributed by atoms with Crippen molar-refractivity contribution in [2.45, 2.75) is 17.9 Å². The first-order chi connectivity index (χ1) is 9.60. The maximum atomic E-state index is 12.9. The molecule has 106 valence electrons. The smallest absolute Gasteiger partial charge is 0.245 e. The molecule has 1 unspecified atom stereocenters. The van der Waals surface area contributed by atoms with Gasteiger partial charge in [-0.3, -0.25) is 4.98 Å². The maximum absolute atomic E-state index is 12.9. The molecule has 0 aliphatic carbocycles. The van der Waals surface area contributed by atoms with Crippen LogP contribution in [0, 0.1) is 0 Å². The summed E-state index contributed by atoms with van der Waals surface area (Å²) < 4.78 is 27.3. The van der Waals surface area contributed by atoms with Crippen LogP contribution in [0.25, 0.3) is 10.9 Å². The second-order valence-electron chi connectivity index (χ2n) is 5.00. The van der Waals surface area contributed by atoms with Gasteiger partial charge in [-0.1, -0.05) is 18.2 Å². The van der Waals surface area contributed by atoms with Gasteiger partial charge >= 0.3 is 0 Å². The Hall–Kier alpha value is -1.50. The largest absolute Gasteiger partial charge is 0.314 e. The van der Waals surface area contributed by atoms with Crippen LogP contribution in [-0.4, -0.2) is 43.4 Å². The Kier molecular flexibility index (Phi) is 3.45. The summed E-state index contributed by atoms with van der Waals surface area (Å²) in [6.45, 7) is 3.77. The fourth-order valence-corrected chi connectivity index (χ4v) is 4.39. The van der Waals surface area contributed by atoms with Crippen molar-refractivity contribution >= 4 is 20.9 Å². The van der Waals surface area contributed by atoms with Gasteiger partial charge in [-0.25, -0.2) is 8.42 Å². The van der Waals surface area contributed by atoms with Gasteiger partial charge < -0.3 is 5.32 Å². The van der Waals surface area contributed by atoms with E-state index in [1.54, 1.807) is 22.6 Å². The van der Waals surface area contributed by atoms with Crippen molar-refractivity contribution in [1.29, 1.82) is 0 Å². The van der Waals surface area contributed by atoms with Gasteiger partial charge in [0.05, 0.1) is 5.52 Å². The van der Waals surface area contributed by atoms with Crippen LogP contribution < -0.4 is 5.32 Å². The lowest BCUT2D eigenvalue weighted by atomic mass is 10.2. The highest BCUT2D eigenvalue weighted by Gasteiger charge is 2.32. The Labute approximate surface area is 118 Å². The third kappa shape index (κ3) is 2.19. The van der Waals surface area contributed by atoms with Gasteiger partial charge in [-0.05, 0) is 19.1 Å². The Morgan fingerprint density at radius 3 is 2.90 bits per heavy atom. The molecule has 6 heteroatoms. The summed E-state index contributed by atoms with van der Waals surface area (Å²) in [5.41, 5.74) is 0.542. The fourth-order valence-electron chi connectivity index (χ4n) is 2.59. The van der Waals surface area contributed by atoms with Crippen LogP contribution >= 0.6 is 0 Å². The van der Waals surface area contributed by atoms with E-state index >= 15 is 0 Å². The molecule has 1 aromatic carbocycles. The lowest BCUT2D eigenvalue weighted by Gasteiger charge is -2.32. The lowest BCUT2D eigenvalue weighted by molar-refractivity contribution is 0.284. The number of nitrogens with zero attached hydrogens (tertiary/aromatic N) is 2. The highest BCUT2D eigenvalue weighted by Crippen LogP contribution is 2.25. The average molecular weight is 291 g/mol. The van der Waals surface area contributed by atoms with Crippen LogP contribution in [0.15, 0.2) is 41.4 Å². The van der Waals surface area contributed by atoms with Crippen LogP contribution in [-0.2, 0) is 10.0 Å². The van der Waals surface area contributed by atoms with Crippen molar-refractivity contribution in [3.63, 3.8) is 0 Å². The van der Waals surface area contributed by atoms with Gasteiger partial charge in [0.2, 0.25) is 10.0 Å². The quantitative estimate of drug-likeness (QED) is 0.903. The third-order valence-corrected chi connectivity index (χ3v) is 5.67. The first kappa shape index (κ1) is 13.5. The Morgan fingerprint density at radius 2 is 2.10 bits per heavy atom. The first-order valence-electron chi connectivity index (χ1n) is 6.67. The average Bonchev–Trinajstić information content (AvgIpc) is 2.47. The third-order valence-electron chi connectivity index (χ3n) is 3.62. The predicted molar refractivity (Wildman–Crippen MR) is 78.0 cm³/mol. The normalized spacial score (nSPS) is 21.1. The highest BCUT2D eigenvalue weighted by atomic mass is 32.2. The van der Waals surface area contributed by atoms with Crippen molar-refractivity contribution in [3.05, 3.63) is 36.5 Å². The minimum atomic E-state index is -3.51. The molecule has 0 amide bonds. The molecule has 1 saturated heterocycles. The first-order valence-corrected chi connectivity index (χ1v) is 8.11. The van der Waals surface area contributed by atoms with E-state index < -0.39 is 10.0 Å². The van der Waals surface area contributed by atoms with Gasteiger partial charge in [0, 0.05) is 37.3 Å². The molecule has 0 radical (unpaired) electrons.